The van der Waals surface area contributed by atoms with Crippen LogP contribution in [0, 0.1) is 0 Å². The standard InChI is InChI=1S/C12H8Cl2N2OS/c13-7-4-8(14)6-9(5-7)17-11-3-1-2-10(16-11)12(15)18/h1-6H,(H2,15,18). The van der Waals surface area contributed by atoms with E-state index in [0.29, 0.717) is 27.4 Å². The Morgan fingerprint density at radius 2 is 1.83 bits per heavy atom. The zero-order valence-corrected chi connectivity index (χ0v) is 11.4. The van der Waals surface area contributed by atoms with E-state index in [0.717, 1.165) is 0 Å². The molecule has 0 aliphatic rings. The summed E-state index contributed by atoms with van der Waals surface area (Å²) in [5.74, 6) is 0.874. The van der Waals surface area contributed by atoms with Crippen LogP contribution in [0.5, 0.6) is 11.6 Å². The van der Waals surface area contributed by atoms with E-state index in [4.69, 9.17) is 45.9 Å². The largest absolute Gasteiger partial charge is 0.439 e. The van der Waals surface area contributed by atoms with Gasteiger partial charge in [0.2, 0.25) is 5.88 Å². The Labute approximate surface area is 119 Å². The Hall–Kier alpha value is -1.36. The summed E-state index contributed by atoms with van der Waals surface area (Å²) in [6.45, 7) is 0. The molecule has 2 rings (SSSR count). The van der Waals surface area contributed by atoms with Crippen LogP contribution in [0.25, 0.3) is 0 Å². The monoisotopic (exact) mass is 298 g/mol. The molecule has 3 nitrogen and oxygen atoms in total. The van der Waals surface area contributed by atoms with Crippen molar-refractivity contribution >= 4 is 40.4 Å². The number of nitrogens with two attached hydrogens (primary N) is 1. The summed E-state index contributed by atoms with van der Waals surface area (Å²) in [6.07, 6.45) is 0. The Bertz CT molecular complexity index is 584. The average Bonchev–Trinajstić information content (AvgIpc) is 2.27. The molecule has 0 amide bonds. The van der Waals surface area contributed by atoms with Crippen molar-refractivity contribution in [3.63, 3.8) is 0 Å². The van der Waals surface area contributed by atoms with E-state index in [-0.39, 0.29) is 4.99 Å². The van der Waals surface area contributed by atoms with E-state index in [2.05, 4.69) is 4.98 Å². The third-order valence-electron chi connectivity index (χ3n) is 2.03. The highest BCUT2D eigenvalue weighted by molar-refractivity contribution is 7.80. The second-order valence-electron chi connectivity index (χ2n) is 3.43. The van der Waals surface area contributed by atoms with Gasteiger partial charge in [0.25, 0.3) is 0 Å². The molecule has 0 saturated carbocycles. The number of thiocarbonyl (C=S) groups is 1. The minimum atomic E-state index is 0.213. The molecule has 18 heavy (non-hydrogen) atoms. The minimum Gasteiger partial charge on any atom is -0.439 e. The molecule has 0 fully saturated rings. The van der Waals surface area contributed by atoms with E-state index in [1.807, 2.05) is 0 Å². The van der Waals surface area contributed by atoms with Gasteiger partial charge in [-0.05, 0) is 24.3 Å². The van der Waals surface area contributed by atoms with Crippen LogP contribution in [0.1, 0.15) is 5.69 Å². The van der Waals surface area contributed by atoms with Gasteiger partial charge in [0.05, 0.1) is 0 Å². The zero-order valence-electron chi connectivity index (χ0n) is 9.06. The summed E-state index contributed by atoms with van der Waals surface area (Å²) in [6, 6.07) is 10.1. The first-order valence-electron chi connectivity index (χ1n) is 4.95. The molecule has 0 saturated heterocycles. The normalized spacial score (nSPS) is 10.1. The van der Waals surface area contributed by atoms with Crippen LogP contribution in [0.2, 0.25) is 10.0 Å². The number of ether oxygens (including phenoxy) is 1. The highest BCUT2D eigenvalue weighted by Gasteiger charge is 2.04. The molecule has 2 N–H and O–H groups in total. The number of rotatable bonds is 3. The molecule has 0 radical (unpaired) electrons. The maximum Gasteiger partial charge on any atom is 0.219 e. The number of pyridine rings is 1. The number of hydrogen-bond donors (Lipinski definition) is 1. The lowest BCUT2D eigenvalue weighted by Crippen LogP contribution is -2.11. The average molecular weight is 299 g/mol. The fraction of sp³-hybridized carbons (Fsp3) is 0. The molecule has 92 valence electrons. The second kappa shape index (κ2) is 5.52. The van der Waals surface area contributed by atoms with Gasteiger partial charge >= 0.3 is 0 Å². The maximum absolute atomic E-state index is 5.87. The van der Waals surface area contributed by atoms with Crippen molar-refractivity contribution in [2.75, 3.05) is 0 Å². The van der Waals surface area contributed by atoms with Crippen LogP contribution in [-0.2, 0) is 0 Å². The van der Waals surface area contributed by atoms with E-state index in [9.17, 15) is 0 Å². The lowest BCUT2D eigenvalue weighted by atomic mass is 10.3. The quantitative estimate of drug-likeness (QED) is 0.875. The summed E-state index contributed by atoms with van der Waals surface area (Å²) in [5.41, 5.74) is 5.99. The highest BCUT2D eigenvalue weighted by atomic mass is 35.5. The van der Waals surface area contributed by atoms with Crippen molar-refractivity contribution in [3.8, 4) is 11.6 Å². The van der Waals surface area contributed by atoms with E-state index in [1.54, 1.807) is 36.4 Å². The first-order chi connectivity index (χ1) is 8.54. The van der Waals surface area contributed by atoms with Crippen LogP contribution in [-0.4, -0.2) is 9.97 Å². The molecule has 1 aromatic carbocycles. The molecule has 2 aromatic rings. The van der Waals surface area contributed by atoms with Crippen molar-refractivity contribution in [1.29, 1.82) is 0 Å². The lowest BCUT2D eigenvalue weighted by molar-refractivity contribution is 0.463. The Morgan fingerprint density at radius 3 is 2.44 bits per heavy atom. The summed E-state index contributed by atoms with van der Waals surface area (Å²) < 4.78 is 5.54. The zero-order chi connectivity index (χ0) is 13.1. The Morgan fingerprint density at radius 1 is 1.17 bits per heavy atom. The van der Waals surface area contributed by atoms with Gasteiger partial charge in [0.15, 0.2) is 0 Å². The summed E-state index contributed by atoms with van der Waals surface area (Å²) in [4.78, 5) is 4.36. The molecular formula is C12H8Cl2N2OS. The van der Waals surface area contributed by atoms with Crippen molar-refractivity contribution in [1.82, 2.24) is 4.98 Å². The SMILES string of the molecule is NC(=S)c1cccc(Oc2cc(Cl)cc(Cl)c2)n1. The summed E-state index contributed by atoms with van der Waals surface area (Å²) >= 11 is 16.6. The Balaban J connectivity index is 2.28. The van der Waals surface area contributed by atoms with Crippen LogP contribution >= 0.6 is 35.4 Å². The molecule has 1 aromatic heterocycles. The number of hydrogen-bond acceptors (Lipinski definition) is 3. The molecule has 0 bridgehead atoms. The van der Waals surface area contributed by atoms with Gasteiger partial charge in [-0.2, -0.15) is 0 Å². The molecule has 0 unspecified atom stereocenters. The second-order valence-corrected chi connectivity index (χ2v) is 4.75. The molecule has 0 spiro atoms. The van der Waals surface area contributed by atoms with Crippen LogP contribution in [0.15, 0.2) is 36.4 Å². The van der Waals surface area contributed by atoms with Gasteiger partial charge in [0.1, 0.15) is 16.4 Å². The predicted molar refractivity (Wildman–Crippen MR) is 76.7 cm³/mol. The third-order valence-corrected chi connectivity index (χ3v) is 2.68. The number of nitrogens with zero attached hydrogens (tertiary/aromatic N) is 1. The Kier molecular flexibility index (Phi) is 4.01. The van der Waals surface area contributed by atoms with Gasteiger partial charge in [0, 0.05) is 16.1 Å². The van der Waals surface area contributed by atoms with E-state index < -0.39 is 0 Å². The fourth-order valence-corrected chi connectivity index (χ4v) is 1.94. The van der Waals surface area contributed by atoms with Gasteiger partial charge in [-0.3, -0.25) is 0 Å². The molecule has 6 heteroatoms. The fourth-order valence-electron chi connectivity index (χ4n) is 1.32. The minimum absolute atomic E-state index is 0.213. The van der Waals surface area contributed by atoms with Crippen molar-refractivity contribution in [3.05, 3.63) is 52.1 Å². The molecule has 1 heterocycles. The third kappa shape index (κ3) is 3.32. The molecular weight excluding hydrogens is 291 g/mol. The van der Waals surface area contributed by atoms with Crippen molar-refractivity contribution < 1.29 is 4.74 Å². The van der Waals surface area contributed by atoms with Gasteiger partial charge < -0.3 is 10.5 Å². The van der Waals surface area contributed by atoms with Gasteiger partial charge in [-0.25, -0.2) is 4.98 Å². The maximum atomic E-state index is 5.87. The number of aromatic nitrogens is 1. The summed E-state index contributed by atoms with van der Waals surface area (Å²) in [5, 5.41) is 0.978. The van der Waals surface area contributed by atoms with Crippen LogP contribution < -0.4 is 10.5 Å². The number of halogens is 2. The summed E-state index contributed by atoms with van der Waals surface area (Å²) in [7, 11) is 0. The topological polar surface area (TPSA) is 48.1 Å². The van der Waals surface area contributed by atoms with Gasteiger partial charge in [-0.15, -0.1) is 0 Å². The number of benzene rings is 1. The van der Waals surface area contributed by atoms with Gasteiger partial charge in [-0.1, -0.05) is 41.5 Å². The van der Waals surface area contributed by atoms with E-state index in [1.165, 1.54) is 0 Å². The predicted octanol–water partition coefficient (Wildman–Crippen LogP) is 3.81. The van der Waals surface area contributed by atoms with Crippen molar-refractivity contribution in [2.24, 2.45) is 5.73 Å². The first-order valence-corrected chi connectivity index (χ1v) is 6.12. The first kappa shape index (κ1) is 13.1. The molecule has 0 atom stereocenters. The highest BCUT2D eigenvalue weighted by Crippen LogP contribution is 2.27. The van der Waals surface area contributed by atoms with Crippen LogP contribution in [0.3, 0.4) is 0 Å². The molecule has 0 aliphatic carbocycles. The van der Waals surface area contributed by atoms with E-state index >= 15 is 0 Å². The van der Waals surface area contributed by atoms with Crippen molar-refractivity contribution in [2.45, 2.75) is 0 Å². The lowest BCUT2D eigenvalue weighted by Gasteiger charge is -2.06. The smallest absolute Gasteiger partial charge is 0.219 e. The van der Waals surface area contributed by atoms with Crippen LogP contribution in [0.4, 0.5) is 0 Å². The molecule has 0 aliphatic heterocycles.